The maximum Gasteiger partial charge on any atom is 0.327 e. The van der Waals surface area contributed by atoms with E-state index in [0.29, 0.717) is 4.90 Å². The lowest BCUT2D eigenvalue weighted by Gasteiger charge is -2.41. The average Bonchev–Trinajstić information content (AvgIpc) is 2.34. The number of carbonyl (C=O) groups excluding carboxylic acids is 2. The molecular weight excluding hydrogens is 208 g/mol. The van der Waals surface area contributed by atoms with E-state index in [1.54, 1.807) is 5.32 Å². The molecule has 0 radical (unpaired) electrons. The highest BCUT2D eigenvalue weighted by atomic mass is 16.4. The van der Waals surface area contributed by atoms with E-state index in [-0.39, 0.29) is 0 Å². The van der Waals surface area contributed by atoms with E-state index in [9.17, 15) is 24.9 Å². The first-order chi connectivity index (χ1) is 6.80. The van der Waals surface area contributed by atoms with Crippen molar-refractivity contribution in [2.24, 2.45) is 4.99 Å². The molecule has 0 aliphatic carbocycles. The number of urea groups is 1. The lowest BCUT2D eigenvalue weighted by Crippen LogP contribution is -2.78. The molecule has 0 aromatic carbocycles. The fourth-order valence-corrected chi connectivity index (χ4v) is 1.39. The van der Waals surface area contributed by atoms with Crippen LogP contribution < -0.4 is 15.7 Å². The first kappa shape index (κ1) is 9.68. The van der Waals surface area contributed by atoms with Crippen LogP contribution in [0.5, 0.6) is 0 Å². The highest BCUT2D eigenvalue weighted by molar-refractivity contribution is 6.04. The molecule has 2 aliphatic rings. The minimum Gasteiger partial charge on any atom is -0.846 e. The van der Waals surface area contributed by atoms with Crippen molar-refractivity contribution in [3.8, 4) is 0 Å². The molecule has 2 aliphatic heterocycles. The summed E-state index contributed by atoms with van der Waals surface area (Å²) in [4.78, 5) is 26.1. The second-order valence-corrected chi connectivity index (χ2v) is 3.22. The van der Waals surface area contributed by atoms with Crippen LogP contribution >= 0.6 is 0 Å². The van der Waals surface area contributed by atoms with E-state index in [2.05, 4.69) is 4.99 Å². The van der Waals surface area contributed by atoms with Crippen LogP contribution in [0.25, 0.3) is 0 Å². The lowest BCUT2D eigenvalue weighted by molar-refractivity contribution is -0.226. The maximum atomic E-state index is 11.5. The molecule has 0 aromatic rings. The third-order valence-corrected chi connectivity index (χ3v) is 2.26. The first-order valence-electron chi connectivity index (χ1n) is 3.90. The van der Waals surface area contributed by atoms with Gasteiger partial charge in [0.2, 0.25) is 0 Å². The molecule has 0 spiro atoms. The Bertz CT molecular complexity index is 395. The van der Waals surface area contributed by atoms with Gasteiger partial charge in [0.05, 0.1) is 6.02 Å². The van der Waals surface area contributed by atoms with Crippen LogP contribution in [0, 0.1) is 0 Å². The van der Waals surface area contributed by atoms with Gasteiger partial charge in [-0.25, -0.2) is 9.79 Å². The van der Waals surface area contributed by atoms with E-state index in [0.717, 1.165) is 7.05 Å². The number of hydrogen-bond donors (Lipinski definition) is 4. The van der Waals surface area contributed by atoms with Gasteiger partial charge in [0.25, 0.3) is 17.5 Å². The van der Waals surface area contributed by atoms with Crippen molar-refractivity contribution in [1.29, 1.82) is 0 Å². The zero-order chi connectivity index (χ0) is 11.4. The monoisotopic (exact) mass is 215 g/mol. The molecule has 9 heteroatoms. The van der Waals surface area contributed by atoms with Crippen molar-refractivity contribution in [2.45, 2.75) is 11.6 Å². The Morgan fingerprint density at radius 1 is 1.40 bits per heavy atom. The van der Waals surface area contributed by atoms with Gasteiger partial charge < -0.3 is 20.6 Å². The fourth-order valence-electron chi connectivity index (χ4n) is 1.39. The summed E-state index contributed by atoms with van der Waals surface area (Å²) < 4.78 is 0. The number of imide groups is 1. The SMILES string of the molecule is CN1C(=O)NC2(O)N=C([O-])NC2(O)C1=O. The van der Waals surface area contributed by atoms with Crippen LogP contribution in [0.15, 0.2) is 4.99 Å². The smallest absolute Gasteiger partial charge is 0.327 e. The summed E-state index contributed by atoms with van der Waals surface area (Å²) in [5.74, 6) is -3.81. The number of nitrogens with zero attached hydrogens (tertiary/aromatic N) is 2. The van der Waals surface area contributed by atoms with Crippen LogP contribution in [0.2, 0.25) is 0 Å². The molecule has 1 saturated heterocycles. The number of amidine groups is 1. The third-order valence-electron chi connectivity index (χ3n) is 2.26. The zero-order valence-electron chi connectivity index (χ0n) is 7.51. The summed E-state index contributed by atoms with van der Waals surface area (Å²) in [6, 6.07) is -2.06. The number of aliphatic imine (C=N–C) groups is 1. The summed E-state index contributed by atoms with van der Waals surface area (Å²) in [6.45, 7) is 0. The second-order valence-electron chi connectivity index (χ2n) is 3.22. The molecule has 4 N–H and O–H groups in total. The fraction of sp³-hybridized carbons (Fsp3) is 0.500. The minimum absolute atomic E-state index is 0.523. The predicted molar refractivity (Wildman–Crippen MR) is 41.8 cm³/mol. The van der Waals surface area contributed by atoms with Crippen LogP contribution in [-0.4, -0.2) is 51.7 Å². The number of rotatable bonds is 0. The van der Waals surface area contributed by atoms with E-state index < -0.39 is 29.5 Å². The lowest BCUT2D eigenvalue weighted by atomic mass is 10.1. The molecule has 2 heterocycles. The van der Waals surface area contributed by atoms with Crippen molar-refractivity contribution in [1.82, 2.24) is 15.5 Å². The standard InChI is InChI=1S/C6H8N4O5/c1-10-2(11)5(14)6(15,9-4(10)13)8-3(12)7-5/h14-15H,1H3,(H,9,13)(H2,7,8,12)/p-1. The Balaban J connectivity index is 2.50. The minimum atomic E-state index is -2.65. The Hall–Kier alpha value is -1.87. The van der Waals surface area contributed by atoms with E-state index >= 15 is 0 Å². The molecule has 0 bridgehead atoms. The molecular formula is C6H7N4O5-. The largest absolute Gasteiger partial charge is 0.846 e. The predicted octanol–water partition coefficient (Wildman–Crippen LogP) is -4.18. The highest BCUT2D eigenvalue weighted by Gasteiger charge is 2.65. The van der Waals surface area contributed by atoms with Gasteiger partial charge in [-0.1, -0.05) is 0 Å². The highest BCUT2D eigenvalue weighted by Crippen LogP contribution is 2.28. The van der Waals surface area contributed by atoms with Gasteiger partial charge in [0, 0.05) is 7.05 Å². The Labute approximate surface area is 83.0 Å². The zero-order valence-corrected chi connectivity index (χ0v) is 7.51. The van der Waals surface area contributed by atoms with Gasteiger partial charge in [-0.3, -0.25) is 15.0 Å². The molecule has 15 heavy (non-hydrogen) atoms. The molecule has 9 nitrogen and oxygen atoms in total. The number of hydrogen-bond acceptors (Lipinski definition) is 7. The molecule has 0 saturated carbocycles. The second kappa shape index (κ2) is 2.38. The van der Waals surface area contributed by atoms with E-state index in [4.69, 9.17) is 0 Å². The summed E-state index contributed by atoms with van der Waals surface area (Å²) >= 11 is 0. The summed E-state index contributed by atoms with van der Waals surface area (Å²) in [7, 11) is 1.08. The molecule has 2 rings (SSSR count). The number of nitrogens with one attached hydrogen (secondary N) is 2. The number of likely N-dealkylation sites (N-methyl/N-ethyl adjacent to an activating group) is 1. The Kier molecular flexibility index (Phi) is 1.53. The quantitative estimate of drug-likeness (QED) is 0.323. The third kappa shape index (κ3) is 0.954. The van der Waals surface area contributed by atoms with Gasteiger partial charge in [-0.05, 0) is 0 Å². The molecule has 2 unspecified atom stereocenters. The van der Waals surface area contributed by atoms with Crippen LogP contribution in [0.4, 0.5) is 4.79 Å². The van der Waals surface area contributed by atoms with Crippen LogP contribution in [-0.2, 0) is 4.79 Å². The average molecular weight is 215 g/mol. The number of aliphatic hydroxyl groups is 2. The molecule has 0 aromatic heterocycles. The molecule has 82 valence electrons. The molecule has 3 amide bonds. The van der Waals surface area contributed by atoms with Crippen molar-refractivity contribution in [2.75, 3.05) is 7.05 Å². The first-order valence-corrected chi connectivity index (χ1v) is 3.90. The van der Waals surface area contributed by atoms with Crippen LogP contribution in [0.1, 0.15) is 0 Å². The van der Waals surface area contributed by atoms with E-state index in [1.807, 2.05) is 5.32 Å². The summed E-state index contributed by atoms with van der Waals surface area (Å²) in [5.41, 5.74) is -2.65. The topological polar surface area (TPSA) is 137 Å². The van der Waals surface area contributed by atoms with Gasteiger partial charge in [0.1, 0.15) is 0 Å². The molecule has 1 fully saturated rings. The van der Waals surface area contributed by atoms with Crippen molar-refractivity contribution in [3.05, 3.63) is 0 Å². The summed E-state index contributed by atoms with van der Waals surface area (Å²) in [5, 5.41) is 33.8. The Morgan fingerprint density at radius 2 is 2.00 bits per heavy atom. The normalized spacial score (nSPS) is 39.4. The number of fused-ring (bicyclic) bond motifs is 1. The Morgan fingerprint density at radius 3 is 2.60 bits per heavy atom. The van der Waals surface area contributed by atoms with Gasteiger partial charge in [-0.15, -0.1) is 0 Å². The van der Waals surface area contributed by atoms with E-state index in [1.165, 1.54) is 0 Å². The maximum absolute atomic E-state index is 11.5. The van der Waals surface area contributed by atoms with Gasteiger partial charge >= 0.3 is 6.03 Å². The number of amides is 3. The molecule has 2 atom stereocenters. The van der Waals surface area contributed by atoms with Gasteiger partial charge in [0.15, 0.2) is 0 Å². The van der Waals surface area contributed by atoms with Crippen molar-refractivity contribution in [3.63, 3.8) is 0 Å². The number of carbonyl (C=O) groups is 2. The van der Waals surface area contributed by atoms with Gasteiger partial charge in [-0.2, -0.15) is 0 Å². The van der Waals surface area contributed by atoms with Crippen molar-refractivity contribution < 1.29 is 24.9 Å². The summed E-state index contributed by atoms with van der Waals surface area (Å²) in [6.07, 6.45) is 0. The van der Waals surface area contributed by atoms with Crippen LogP contribution in [0.3, 0.4) is 0 Å². The van der Waals surface area contributed by atoms with Crippen molar-refractivity contribution >= 4 is 18.0 Å².